The van der Waals surface area contributed by atoms with E-state index in [1.54, 1.807) is 0 Å². The Kier molecular flexibility index (Phi) is 4.13. The van der Waals surface area contributed by atoms with Crippen LogP contribution in [0, 0.1) is 4.64 Å². The first-order valence-corrected chi connectivity index (χ1v) is 6.71. The van der Waals surface area contributed by atoms with E-state index in [4.69, 9.17) is 12.2 Å². The molecule has 1 aromatic heterocycles. The van der Waals surface area contributed by atoms with E-state index in [-0.39, 0.29) is 16.2 Å². The highest BCUT2D eigenvalue weighted by molar-refractivity contribution is 7.71. The summed E-state index contributed by atoms with van der Waals surface area (Å²) in [6.07, 6.45) is 1.18. The highest BCUT2D eigenvalue weighted by Crippen LogP contribution is 2.37. The second-order valence-electron chi connectivity index (χ2n) is 4.89. The third-order valence-corrected chi connectivity index (χ3v) is 3.84. The van der Waals surface area contributed by atoms with Crippen LogP contribution in [0.2, 0.25) is 0 Å². The molecule has 2 rings (SSSR count). The number of hydrogen-bond donors (Lipinski definition) is 2. The Morgan fingerprint density at radius 1 is 1.42 bits per heavy atom. The largest absolute Gasteiger partial charge is 0.395 e. The summed E-state index contributed by atoms with van der Waals surface area (Å²) in [5.41, 5.74) is 0.0388. The smallest absolute Gasteiger partial charge is 0.369 e. The molecule has 0 aromatic carbocycles. The maximum atomic E-state index is 12.9. The fourth-order valence-electron chi connectivity index (χ4n) is 2.37. The van der Waals surface area contributed by atoms with Gasteiger partial charge in [0.25, 0.3) is 0 Å². The Morgan fingerprint density at radius 3 is 2.63 bits per heavy atom. The Hall–Kier alpha value is -1.11. The minimum absolute atomic E-state index is 0.00377. The van der Waals surface area contributed by atoms with Crippen molar-refractivity contribution in [2.45, 2.75) is 50.7 Å². The Morgan fingerprint density at radius 2 is 2.05 bits per heavy atom. The normalized spacial score (nSPS) is 18.5. The molecule has 1 aromatic rings. The molecule has 19 heavy (non-hydrogen) atoms. The van der Waals surface area contributed by atoms with E-state index in [2.05, 4.69) is 15.3 Å². The minimum Gasteiger partial charge on any atom is -0.369 e. The second kappa shape index (κ2) is 5.48. The summed E-state index contributed by atoms with van der Waals surface area (Å²) in [7, 11) is 0. The highest BCUT2D eigenvalue weighted by Gasteiger charge is 2.39. The van der Waals surface area contributed by atoms with Gasteiger partial charge in [0.1, 0.15) is 10.5 Å². The number of aromatic nitrogens is 2. The van der Waals surface area contributed by atoms with Crippen LogP contribution in [0.15, 0.2) is 6.33 Å². The number of H-pyrrole nitrogens is 1. The molecule has 0 saturated heterocycles. The van der Waals surface area contributed by atoms with Crippen LogP contribution in [-0.4, -0.2) is 22.2 Å². The molecule has 1 unspecified atom stereocenters. The monoisotopic (exact) mass is 291 g/mol. The molecule has 1 aliphatic rings. The number of halogens is 3. The molecule has 106 valence electrons. The topological polar surface area (TPSA) is 40.7 Å². The first kappa shape index (κ1) is 14.3. The summed E-state index contributed by atoms with van der Waals surface area (Å²) >= 11 is 4.95. The lowest BCUT2D eigenvalue weighted by Crippen LogP contribution is -2.23. The van der Waals surface area contributed by atoms with Crippen LogP contribution in [0.1, 0.15) is 44.1 Å². The van der Waals surface area contributed by atoms with E-state index in [1.807, 2.05) is 0 Å². The van der Waals surface area contributed by atoms with Crippen molar-refractivity contribution in [1.29, 1.82) is 0 Å². The molecular weight excluding hydrogens is 275 g/mol. The fraction of sp³-hybridized carbons (Fsp3) is 0.667. The van der Waals surface area contributed by atoms with Crippen molar-refractivity contribution in [3.05, 3.63) is 16.5 Å². The maximum absolute atomic E-state index is 12.9. The lowest BCUT2D eigenvalue weighted by atomic mass is 10.0. The van der Waals surface area contributed by atoms with Crippen molar-refractivity contribution in [3.63, 3.8) is 0 Å². The van der Waals surface area contributed by atoms with Crippen LogP contribution >= 0.6 is 12.2 Å². The molecule has 3 nitrogen and oxygen atoms in total. The molecular formula is C12H16F3N3S. The predicted octanol–water partition coefficient (Wildman–Crippen LogP) is 4.16. The number of aromatic amines is 1. The average Bonchev–Trinajstić information content (AvgIpc) is 2.80. The average molecular weight is 291 g/mol. The van der Waals surface area contributed by atoms with E-state index in [0.29, 0.717) is 5.82 Å². The number of alkyl halides is 3. The van der Waals surface area contributed by atoms with Gasteiger partial charge in [0, 0.05) is 11.6 Å². The van der Waals surface area contributed by atoms with E-state index in [9.17, 15) is 13.2 Å². The van der Waals surface area contributed by atoms with Gasteiger partial charge in [-0.3, -0.25) is 0 Å². The third kappa shape index (κ3) is 3.26. The summed E-state index contributed by atoms with van der Waals surface area (Å²) in [6, 6.07) is 0.215. The lowest BCUT2D eigenvalue weighted by molar-refractivity contribution is -0.146. The first-order valence-electron chi connectivity index (χ1n) is 6.30. The van der Waals surface area contributed by atoms with Crippen molar-refractivity contribution in [3.8, 4) is 0 Å². The first-order chi connectivity index (χ1) is 8.89. The highest BCUT2D eigenvalue weighted by atomic mass is 32.1. The van der Waals surface area contributed by atoms with Crippen molar-refractivity contribution in [2.75, 3.05) is 5.32 Å². The van der Waals surface area contributed by atoms with Gasteiger partial charge in [-0.1, -0.05) is 25.1 Å². The van der Waals surface area contributed by atoms with Gasteiger partial charge in [-0.05, 0) is 19.8 Å². The number of nitrogens with one attached hydrogen (secondary N) is 2. The summed E-state index contributed by atoms with van der Waals surface area (Å²) in [5.74, 6) is -1.27. The lowest BCUT2D eigenvalue weighted by Gasteiger charge is -2.21. The van der Waals surface area contributed by atoms with Gasteiger partial charge >= 0.3 is 6.18 Å². The van der Waals surface area contributed by atoms with Gasteiger partial charge in [0.05, 0.1) is 12.2 Å². The van der Waals surface area contributed by atoms with Crippen LogP contribution in [0.25, 0.3) is 0 Å². The summed E-state index contributed by atoms with van der Waals surface area (Å²) in [5, 5.41) is 3.14. The summed E-state index contributed by atoms with van der Waals surface area (Å²) in [6.45, 7) is 1.11. The van der Waals surface area contributed by atoms with E-state index < -0.39 is 12.1 Å². The van der Waals surface area contributed by atoms with Crippen LogP contribution in [-0.2, 0) is 0 Å². The molecule has 1 heterocycles. The zero-order valence-corrected chi connectivity index (χ0v) is 11.4. The molecule has 1 aliphatic carbocycles. The van der Waals surface area contributed by atoms with Crippen LogP contribution < -0.4 is 5.32 Å². The molecule has 2 N–H and O–H groups in total. The zero-order valence-electron chi connectivity index (χ0n) is 10.5. The van der Waals surface area contributed by atoms with Gasteiger partial charge in [-0.25, -0.2) is 4.98 Å². The number of nitrogens with zero attached hydrogens (tertiary/aromatic N) is 1. The molecule has 0 spiro atoms. The molecule has 7 heteroatoms. The molecule has 0 radical (unpaired) electrons. The van der Waals surface area contributed by atoms with Crippen molar-refractivity contribution < 1.29 is 13.2 Å². The summed E-state index contributed by atoms with van der Waals surface area (Å²) in [4.78, 5) is 6.54. The number of anilines is 1. The maximum Gasteiger partial charge on any atom is 0.395 e. The van der Waals surface area contributed by atoms with E-state index in [0.717, 1.165) is 32.6 Å². The summed E-state index contributed by atoms with van der Waals surface area (Å²) < 4.78 is 38.7. The third-order valence-electron chi connectivity index (χ3n) is 3.52. The van der Waals surface area contributed by atoms with Crippen LogP contribution in [0.4, 0.5) is 19.0 Å². The quantitative estimate of drug-likeness (QED) is 0.822. The minimum atomic E-state index is -4.32. The zero-order chi connectivity index (χ0) is 14.0. The molecule has 0 bridgehead atoms. The Bertz CT molecular complexity index is 492. The van der Waals surface area contributed by atoms with Crippen molar-refractivity contribution in [1.82, 2.24) is 9.97 Å². The van der Waals surface area contributed by atoms with Gasteiger partial charge in [-0.15, -0.1) is 0 Å². The molecule has 0 aliphatic heterocycles. The SMILES string of the molecule is CC(c1c(NC2CCCC2)[nH]cnc1=S)C(F)(F)F. The van der Waals surface area contributed by atoms with Gasteiger partial charge in [-0.2, -0.15) is 13.2 Å². The second-order valence-corrected chi connectivity index (χ2v) is 5.27. The Labute approximate surface area is 114 Å². The predicted molar refractivity (Wildman–Crippen MR) is 69.8 cm³/mol. The standard InChI is InChI=1S/C12H16F3N3S/c1-7(12(13,14)15)9-10(16-6-17-11(9)19)18-8-4-2-3-5-8/h6-8H,2-5H2,1H3,(H2,16,17,18,19). The van der Waals surface area contributed by atoms with E-state index in [1.165, 1.54) is 6.33 Å². The molecule has 0 amide bonds. The number of hydrogen-bond acceptors (Lipinski definition) is 3. The molecule has 1 fully saturated rings. The molecule has 1 atom stereocenters. The molecule has 1 saturated carbocycles. The van der Waals surface area contributed by atoms with Crippen molar-refractivity contribution >= 4 is 18.0 Å². The van der Waals surface area contributed by atoms with Gasteiger partial charge in [0.2, 0.25) is 0 Å². The van der Waals surface area contributed by atoms with Crippen LogP contribution in [0.3, 0.4) is 0 Å². The van der Waals surface area contributed by atoms with Crippen LogP contribution in [0.5, 0.6) is 0 Å². The fourth-order valence-corrected chi connectivity index (χ4v) is 2.70. The van der Waals surface area contributed by atoms with Gasteiger partial charge < -0.3 is 10.3 Å². The van der Waals surface area contributed by atoms with Crippen molar-refractivity contribution in [2.24, 2.45) is 0 Å². The number of rotatable bonds is 3. The Balaban J connectivity index is 2.32. The van der Waals surface area contributed by atoms with Gasteiger partial charge in [0.15, 0.2) is 0 Å². The van der Waals surface area contributed by atoms with E-state index >= 15 is 0 Å².